The normalized spacial score (nSPS) is 19.7. The van der Waals surface area contributed by atoms with Crippen LogP contribution in [0.1, 0.15) is 19.3 Å². The molecule has 1 saturated heterocycles. The van der Waals surface area contributed by atoms with E-state index < -0.39 is 6.09 Å². The highest BCUT2D eigenvalue weighted by atomic mass is 16.6. The number of nitrogens with zero attached hydrogens (tertiary/aromatic N) is 1. The van der Waals surface area contributed by atoms with Gasteiger partial charge in [-0.1, -0.05) is 18.2 Å². The zero-order chi connectivity index (χ0) is 13.5. The van der Waals surface area contributed by atoms with Gasteiger partial charge < -0.3 is 9.53 Å². The van der Waals surface area contributed by atoms with Crippen molar-refractivity contribution in [3.63, 3.8) is 0 Å². The number of rotatable bonds is 4. The van der Waals surface area contributed by atoms with Crippen LogP contribution in [-0.2, 0) is 9.53 Å². The topological polar surface area (TPSA) is 58.6 Å². The Morgan fingerprint density at radius 3 is 2.89 bits per heavy atom. The van der Waals surface area contributed by atoms with E-state index in [-0.39, 0.29) is 6.23 Å². The number of ether oxygens (including phenoxy) is 1. The van der Waals surface area contributed by atoms with Crippen LogP contribution in [0.4, 0.5) is 10.5 Å². The number of likely N-dealkylation sites (tertiary alicyclic amines) is 1. The molecule has 5 heteroatoms. The number of benzene rings is 1. The van der Waals surface area contributed by atoms with Gasteiger partial charge in [-0.3, -0.25) is 10.2 Å². The molecule has 0 bridgehead atoms. The van der Waals surface area contributed by atoms with E-state index in [2.05, 4.69) is 5.32 Å². The highest BCUT2D eigenvalue weighted by molar-refractivity contribution is 5.84. The Morgan fingerprint density at radius 1 is 1.37 bits per heavy atom. The van der Waals surface area contributed by atoms with Gasteiger partial charge in [-0.15, -0.1) is 0 Å². The number of nitrogens with one attached hydrogen (secondary N) is 1. The number of hydrogen-bond donors (Lipinski definition) is 1. The van der Waals surface area contributed by atoms with Gasteiger partial charge in [0, 0.05) is 12.2 Å². The molecule has 0 radical (unpaired) electrons. The Bertz CT molecular complexity index is 422. The van der Waals surface area contributed by atoms with E-state index in [1.807, 2.05) is 23.1 Å². The maximum Gasteiger partial charge on any atom is 0.413 e. The van der Waals surface area contributed by atoms with Crippen LogP contribution in [0.5, 0.6) is 0 Å². The third-order valence-electron chi connectivity index (χ3n) is 3.13. The van der Waals surface area contributed by atoms with E-state index in [1.54, 1.807) is 12.1 Å². The number of piperidine rings is 1. The minimum atomic E-state index is -0.478. The fraction of sp³-hybridized carbons (Fsp3) is 0.429. The second kappa shape index (κ2) is 6.89. The van der Waals surface area contributed by atoms with E-state index in [0.717, 1.165) is 32.1 Å². The average molecular weight is 262 g/mol. The lowest BCUT2D eigenvalue weighted by Gasteiger charge is -2.33. The van der Waals surface area contributed by atoms with Crippen LogP contribution < -0.4 is 5.32 Å². The zero-order valence-electron chi connectivity index (χ0n) is 10.7. The average Bonchev–Trinajstić information content (AvgIpc) is 2.42. The molecular weight excluding hydrogens is 244 g/mol. The van der Waals surface area contributed by atoms with Crippen molar-refractivity contribution in [1.29, 1.82) is 0 Å². The molecule has 0 saturated carbocycles. The van der Waals surface area contributed by atoms with E-state index in [9.17, 15) is 9.59 Å². The highest BCUT2D eigenvalue weighted by Crippen LogP contribution is 2.18. The van der Waals surface area contributed by atoms with Gasteiger partial charge in [0.2, 0.25) is 0 Å². The maximum atomic E-state index is 11.8. The van der Waals surface area contributed by atoms with E-state index in [0.29, 0.717) is 12.2 Å². The summed E-state index contributed by atoms with van der Waals surface area (Å²) in [6.45, 7) is 1.10. The molecular formula is C14H18N2O3. The first-order chi connectivity index (χ1) is 9.29. The number of aldehydes is 1. The third-order valence-corrected chi connectivity index (χ3v) is 3.13. The molecule has 2 rings (SSSR count). The van der Waals surface area contributed by atoms with Crippen molar-refractivity contribution in [2.75, 3.05) is 18.4 Å². The molecule has 1 aromatic rings. The lowest BCUT2D eigenvalue weighted by Crippen LogP contribution is -2.43. The molecule has 0 aromatic heterocycles. The Labute approximate surface area is 112 Å². The van der Waals surface area contributed by atoms with Gasteiger partial charge >= 0.3 is 6.09 Å². The van der Waals surface area contributed by atoms with Gasteiger partial charge in [0.25, 0.3) is 0 Å². The van der Waals surface area contributed by atoms with Crippen LogP contribution in [0.3, 0.4) is 0 Å². The molecule has 5 nitrogen and oxygen atoms in total. The molecule has 1 aliphatic rings. The highest BCUT2D eigenvalue weighted by Gasteiger charge is 2.25. The maximum absolute atomic E-state index is 11.8. The van der Waals surface area contributed by atoms with Gasteiger partial charge in [-0.25, -0.2) is 4.79 Å². The van der Waals surface area contributed by atoms with Crippen molar-refractivity contribution in [1.82, 2.24) is 4.90 Å². The molecule has 19 heavy (non-hydrogen) atoms. The summed E-state index contributed by atoms with van der Waals surface area (Å²) < 4.78 is 5.38. The summed E-state index contributed by atoms with van der Waals surface area (Å²) in [5.74, 6) is 0. The smallest absolute Gasteiger partial charge is 0.413 e. The number of hydrogen-bond acceptors (Lipinski definition) is 4. The Morgan fingerprint density at radius 2 is 2.16 bits per heavy atom. The number of amides is 1. The van der Waals surface area contributed by atoms with Crippen molar-refractivity contribution in [3.8, 4) is 0 Å². The van der Waals surface area contributed by atoms with Crippen LogP contribution in [0, 0.1) is 0 Å². The van der Waals surface area contributed by atoms with Crippen LogP contribution in [0.15, 0.2) is 30.3 Å². The summed E-state index contributed by atoms with van der Waals surface area (Å²) in [6, 6.07) is 9.16. The molecule has 1 amide bonds. The molecule has 1 aromatic carbocycles. The van der Waals surface area contributed by atoms with Gasteiger partial charge in [0.05, 0.1) is 6.54 Å². The minimum absolute atomic E-state index is 0.303. The van der Waals surface area contributed by atoms with Crippen LogP contribution in [-0.4, -0.2) is 36.6 Å². The quantitative estimate of drug-likeness (QED) is 0.845. The summed E-state index contributed by atoms with van der Waals surface area (Å²) in [5, 5.41) is 2.68. The Hall–Kier alpha value is -1.88. The number of carbonyl (C=O) groups is 2. The van der Waals surface area contributed by atoms with Gasteiger partial charge in [-0.05, 0) is 31.4 Å². The fourth-order valence-corrected chi connectivity index (χ4v) is 2.19. The second-order valence-electron chi connectivity index (χ2n) is 4.51. The van der Waals surface area contributed by atoms with Gasteiger partial charge in [0.1, 0.15) is 6.29 Å². The molecule has 1 aliphatic heterocycles. The van der Waals surface area contributed by atoms with Crippen molar-refractivity contribution in [2.45, 2.75) is 25.5 Å². The van der Waals surface area contributed by atoms with Crippen molar-refractivity contribution in [2.24, 2.45) is 0 Å². The molecule has 0 spiro atoms. The van der Waals surface area contributed by atoms with Crippen molar-refractivity contribution < 1.29 is 14.3 Å². The van der Waals surface area contributed by atoms with Gasteiger partial charge in [0.15, 0.2) is 6.23 Å². The fourth-order valence-electron chi connectivity index (χ4n) is 2.19. The molecule has 1 unspecified atom stereocenters. The Kier molecular flexibility index (Phi) is 4.92. The predicted octanol–water partition coefficient (Wildman–Crippen LogP) is 2.25. The monoisotopic (exact) mass is 262 g/mol. The predicted molar refractivity (Wildman–Crippen MR) is 71.8 cm³/mol. The zero-order valence-corrected chi connectivity index (χ0v) is 10.7. The molecule has 0 aliphatic carbocycles. The first kappa shape index (κ1) is 13.5. The number of para-hydroxylation sites is 1. The summed E-state index contributed by atoms with van der Waals surface area (Å²) in [4.78, 5) is 24.3. The summed E-state index contributed by atoms with van der Waals surface area (Å²) in [5.41, 5.74) is 0.699. The van der Waals surface area contributed by atoms with E-state index in [4.69, 9.17) is 4.74 Å². The Balaban J connectivity index is 1.88. The second-order valence-corrected chi connectivity index (χ2v) is 4.51. The first-order valence-corrected chi connectivity index (χ1v) is 6.50. The van der Waals surface area contributed by atoms with Crippen molar-refractivity contribution >= 4 is 18.1 Å². The van der Waals surface area contributed by atoms with E-state index >= 15 is 0 Å². The van der Waals surface area contributed by atoms with Crippen LogP contribution >= 0.6 is 0 Å². The van der Waals surface area contributed by atoms with Gasteiger partial charge in [-0.2, -0.15) is 0 Å². The summed E-state index contributed by atoms with van der Waals surface area (Å²) >= 11 is 0. The standard InChI is InChI=1S/C14H18N2O3/c17-11-10-16-9-5-4-8-13(16)19-14(18)15-12-6-2-1-3-7-12/h1-3,6-7,11,13H,4-5,8-10H2,(H,15,18). The molecule has 1 heterocycles. The number of carbonyl (C=O) groups excluding carboxylic acids is 2. The first-order valence-electron chi connectivity index (χ1n) is 6.50. The van der Waals surface area contributed by atoms with Crippen molar-refractivity contribution in [3.05, 3.63) is 30.3 Å². The SMILES string of the molecule is O=CCN1CCCCC1OC(=O)Nc1ccccc1. The largest absolute Gasteiger partial charge is 0.430 e. The van der Waals surface area contributed by atoms with Crippen LogP contribution in [0.25, 0.3) is 0 Å². The summed E-state index contributed by atoms with van der Waals surface area (Å²) in [7, 11) is 0. The molecule has 1 N–H and O–H groups in total. The lowest BCUT2D eigenvalue weighted by atomic mass is 10.1. The third kappa shape index (κ3) is 4.06. The molecule has 1 fully saturated rings. The lowest BCUT2D eigenvalue weighted by molar-refractivity contribution is -0.113. The molecule has 102 valence electrons. The summed E-state index contributed by atoms with van der Waals surface area (Å²) in [6.07, 6.45) is 2.89. The van der Waals surface area contributed by atoms with Crippen LogP contribution in [0.2, 0.25) is 0 Å². The minimum Gasteiger partial charge on any atom is -0.430 e. The van der Waals surface area contributed by atoms with E-state index in [1.165, 1.54) is 0 Å². The number of anilines is 1. The molecule has 1 atom stereocenters.